The van der Waals surface area contributed by atoms with Crippen LogP contribution in [0.2, 0.25) is 0 Å². The fourth-order valence-electron chi connectivity index (χ4n) is 1.63. The lowest BCUT2D eigenvalue weighted by Gasteiger charge is -2.16. The molecule has 12 heavy (non-hydrogen) atoms. The van der Waals surface area contributed by atoms with E-state index in [1.54, 1.807) is 0 Å². The summed E-state index contributed by atoms with van der Waals surface area (Å²) < 4.78 is 0. The van der Waals surface area contributed by atoms with Crippen LogP contribution in [-0.4, -0.2) is 0 Å². The zero-order valence-corrected chi connectivity index (χ0v) is 7.30. The minimum Gasteiger partial charge on any atom is -0.0949 e. The Morgan fingerprint density at radius 3 is 2.50 bits per heavy atom. The summed E-state index contributed by atoms with van der Waals surface area (Å²) in [5, 5.41) is 0. The van der Waals surface area contributed by atoms with Gasteiger partial charge in [0.2, 0.25) is 0 Å². The second-order valence-corrected chi connectivity index (χ2v) is 3.24. The Labute approximate surface area is 73.2 Å². The number of hydrogen-bond acceptors (Lipinski definition) is 0. The first kappa shape index (κ1) is 7.35. The van der Waals surface area contributed by atoms with Gasteiger partial charge < -0.3 is 0 Å². The third kappa shape index (κ3) is 1.00. The lowest BCUT2D eigenvalue weighted by Crippen LogP contribution is -1.95. The smallest absolute Gasteiger partial charge is 0.00912 e. The van der Waals surface area contributed by atoms with Crippen LogP contribution in [0, 0.1) is 0 Å². The second kappa shape index (κ2) is 2.63. The van der Waals surface area contributed by atoms with E-state index in [-0.39, 0.29) is 0 Å². The van der Waals surface area contributed by atoms with Crippen LogP contribution in [0.3, 0.4) is 0 Å². The number of fused-ring (bicyclic) bond motifs is 1. The second-order valence-electron chi connectivity index (χ2n) is 3.24. The Balaban J connectivity index is 2.66. The van der Waals surface area contributed by atoms with Gasteiger partial charge in [0, 0.05) is 0 Å². The van der Waals surface area contributed by atoms with Crippen LogP contribution in [0.1, 0.15) is 24.5 Å². The molecule has 0 saturated carbocycles. The maximum Gasteiger partial charge on any atom is -0.00912 e. The van der Waals surface area contributed by atoms with Crippen molar-refractivity contribution in [3.05, 3.63) is 48.0 Å². The molecule has 60 valence electrons. The van der Waals surface area contributed by atoms with Gasteiger partial charge in [-0.15, -0.1) is 0 Å². The molecule has 0 N–H and O–H groups in total. The summed E-state index contributed by atoms with van der Waals surface area (Å²) >= 11 is 0. The summed E-state index contributed by atoms with van der Waals surface area (Å²) in [6.45, 7) is 6.20. The Hall–Kier alpha value is -1.30. The highest BCUT2D eigenvalue weighted by Gasteiger charge is 2.10. The van der Waals surface area contributed by atoms with Crippen LogP contribution in [0.15, 0.2) is 36.9 Å². The number of hydrogen-bond donors (Lipinski definition) is 0. The van der Waals surface area contributed by atoms with E-state index in [1.165, 1.54) is 22.3 Å². The van der Waals surface area contributed by atoms with E-state index in [2.05, 4.69) is 43.8 Å². The van der Waals surface area contributed by atoms with Crippen molar-refractivity contribution >= 4 is 11.1 Å². The largest absolute Gasteiger partial charge is 0.0949 e. The fourth-order valence-corrected chi connectivity index (χ4v) is 1.63. The molecular formula is C12H12. The predicted octanol–water partition coefficient (Wildman–Crippen LogP) is 3.51. The molecule has 1 aliphatic carbocycles. The Morgan fingerprint density at radius 1 is 1.17 bits per heavy atom. The van der Waals surface area contributed by atoms with E-state index >= 15 is 0 Å². The molecule has 1 aromatic rings. The van der Waals surface area contributed by atoms with E-state index in [9.17, 15) is 0 Å². The molecule has 0 radical (unpaired) electrons. The molecule has 0 spiro atoms. The van der Waals surface area contributed by atoms with Crippen molar-refractivity contribution < 1.29 is 0 Å². The van der Waals surface area contributed by atoms with Crippen LogP contribution in [-0.2, 0) is 0 Å². The quantitative estimate of drug-likeness (QED) is 0.539. The van der Waals surface area contributed by atoms with E-state index in [4.69, 9.17) is 0 Å². The minimum absolute atomic E-state index is 1.00. The predicted molar refractivity (Wildman–Crippen MR) is 53.7 cm³/mol. The van der Waals surface area contributed by atoms with Crippen LogP contribution < -0.4 is 0 Å². The van der Waals surface area contributed by atoms with Crippen molar-refractivity contribution in [3.8, 4) is 0 Å². The topological polar surface area (TPSA) is 0 Å². The van der Waals surface area contributed by atoms with Crippen molar-refractivity contribution in [1.82, 2.24) is 0 Å². The number of benzene rings is 1. The molecule has 1 aromatic carbocycles. The van der Waals surface area contributed by atoms with Gasteiger partial charge in [-0.25, -0.2) is 0 Å². The van der Waals surface area contributed by atoms with Crippen molar-refractivity contribution in [1.29, 1.82) is 0 Å². The summed E-state index contributed by atoms with van der Waals surface area (Å²) in [5.41, 5.74) is 5.26. The van der Waals surface area contributed by atoms with Gasteiger partial charge >= 0.3 is 0 Å². The minimum atomic E-state index is 1.00. The molecule has 0 aliphatic heterocycles. The molecule has 0 saturated heterocycles. The zero-order valence-electron chi connectivity index (χ0n) is 7.30. The maximum absolute atomic E-state index is 4.05. The first-order valence-corrected chi connectivity index (χ1v) is 4.23. The molecule has 2 rings (SSSR count). The third-order valence-corrected chi connectivity index (χ3v) is 2.39. The van der Waals surface area contributed by atoms with Crippen LogP contribution in [0.25, 0.3) is 11.1 Å². The molecule has 0 amide bonds. The molecular weight excluding hydrogens is 144 g/mol. The third-order valence-electron chi connectivity index (χ3n) is 2.39. The van der Waals surface area contributed by atoms with Gasteiger partial charge in [-0.3, -0.25) is 0 Å². The van der Waals surface area contributed by atoms with Gasteiger partial charge in [0.15, 0.2) is 0 Å². The maximum atomic E-state index is 4.05. The molecule has 0 heterocycles. The van der Waals surface area contributed by atoms with Gasteiger partial charge in [0.1, 0.15) is 0 Å². The first-order valence-electron chi connectivity index (χ1n) is 4.23. The van der Waals surface area contributed by atoms with Crippen LogP contribution in [0.5, 0.6) is 0 Å². The lowest BCUT2D eigenvalue weighted by atomic mass is 9.89. The van der Waals surface area contributed by atoms with E-state index in [1.807, 2.05) is 0 Å². The Morgan fingerprint density at radius 2 is 1.83 bits per heavy atom. The SMILES string of the molecule is C=C1CC=C(C)c2ccccc21. The number of rotatable bonds is 0. The van der Waals surface area contributed by atoms with E-state index < -0.39 is 0 Å². The average Bonchev–Trinajstić information content (AvgIpc) is 2.12. The molecule has 0 unspecified atom stereocenters. The van der Waals surface area contributed by atoms with Gasteiger partial charge in [0.25, 0.3) is 0 Å². The molecule has 0 atom stereocenters. The average molecular weight is 156 g/mol. The van der Waals surface area contributed by atoms with Gasteiger partial charge in [-0.1, -0.05) is 36.9 Å². The normalized spacial score (nSPS) is 15.4. The van der Waals surface area contributed by atoms with E-state index in [0.29, 0.717) is 0 Å². The Bertz CT molecular complexity index is 356. The van der Waals surface area contributed by atoms with E-state index in [0.717, 1.165) is 6.42 Å². The summed E-state index contributed by atoms with van der Waals surface area (Å²) in [4.78, 5) is 0. The zero-order chi connectivity index (χ0) is 8.55. The van der Waals surface area contributed by atoms with Gasteiger partial charge in [-0.05, 0) is 35.6 Å². The molecule has 0 bridgehead atoms. The highest BCUT2D eigenvalue weighted by Crippen LogP contribution is 2.31. The molecule has 0 fully saturated rings. The first-order chi connectivity index (χ1) is 5.79. The lowest BCUT2D eigenvalue weighted by molar-refractivity contribution is 1.33. The van der Waals surface area contributed by atoms with Gasteiger partial charge in [-0.2, -0.15) is 0 Å². The number of allylic oxidation sites excluding steroid dienone is 3. The van der Waals surface area contributed by atoms with Crippen LogP contribution >= 0.6 is 0 Å². The molecule has 0 nitrogen and oxygen atoms in total. The molecule has 0 heteroatoms. The van der Waals surface area contributed by atoms with Crippen molar-refractivity contribution in [2.24, 2.45) is 0 Å². The summed E-state index contributed by atoms with van der Waals surface area (Å²) in [6, 6.07) is 8.46. The Kier molecular flexibility index (Phi) is 1.61. The highest BCUT2D eigenvalue weighted by molar-refractivity contribution is 5.83. The summed E-state index contributed by atoms with van der Waals surface area (Å²) in [5.74, 6) is 0. The molecule has 1 aliphatic rings. The van der Waals surface area contributed by atoms with Crippen LogP contribution in [0.4, 0.5) is 0 Å². The van der Waals surface area contributed by atoms with Crippen molar-refractivity contribution in [2.45, 2.75) is 13.3 Å². The standard InChI is InChI=1S/C12H12/c1-9-7-8-10(2)12-6-4-3-5-11(9)12/h3-6,8H,1,7H2,2H3. The van der Waals surface area contributed by atoms with Gasteiger partial charge in [0.05, 0.1) is 0 Å². The fraction of sp³-hybridized carbons (Fsp3) is 0.167. The summed E-state index contributed by atoms with van der Waals surface area (Å²) in [7, 11) is 0. The molecule has 0 aromatic heterocycles. The van der Waals surface area contributed by atoms with Crippen molar-refractivity contribution in [3.63, 3.8) is 0 Å². The summed E-state index contributed by atoms with van der Waals surface area (Å²) in [6.07, 6.45) is 3.24. The monoisotopic (exact) mass is 156 g/mol. The highest BCUT2D eigenvalue weighted by atomic mass is 14.1. The van der Waals surface area contributed by atoms with Crippen molar-refractivity contribution in [2.75, 3.05) is 0 Å².